The number of hydrogen-bond donors (Lipinski definition) is 1. The number of ether oxygens (including phenoxy) is 1. The maximum absolute atomic E-state index is 12.1. The molecule has 1 aliphatic carbocycles. The highest BCUT2D eigenvalue weighted by Gasteiger charge is 2.38. The molecule has 25 heavy (non-hydrogen) atoms. The summed E-state index contributed by atoms with van der Waals surface area (Å²) in [5.74, 6) is -0.0141. The number of nitrogens with zero attached hydrogens (tertiary/aromatic N) is 3. The van der Waals surface area contributed by atoms with Crippen LogP contribution in [0, 0.1) is 5.92 Å². The summed E-state index contributed by atoms with van der Waals surface area (Å²) in [6.45, 7) is 2.31. The van der Waals surface area contributed by atoms with E-state index in [0.717, 1.165) is 18.4 Å². The summed E-state index contributed by atoms with van der Waals surface area (Å²) in [5.41, 5.74) is 0.611. The smallest absolute Gasteiger partial charge is 0.407 e. The van der Waals surface area contributed by atoms with E-state index in [-0.39, 0.29) is 24.7 Å². The zero-order valence-electron chi connectivity index (χ0n) is 14.7. The number of carbonyl (C=O) groups is 1. The fraction of sp³-hybridized carbons (Fsp3) is 0.579. The lowest BCUT2D eigenvalue weighted by Crippen LogP contribution is -2.42. The van der Waals surface area contributed by atoms with Gasteiger partial charge in [-0.3, -0.25) is 0 Å². The van der Waals surface area contributed by atoms with Crippen LogP contribution < -0.4 is 5.32 Å². The molecule has 1 aromatic carbocycles. The van der Waals surface area contributed by atoms with Crippen LogP contribution in [0.25, 0.3) is 0 Å². The Morgan fingerprint density at radius 1 is 1.28 bits per heavy atom. The van der Waals surface area contributed by atoms with Gasteiger partial charge < -0.3 is 10.1 Å². The lowest BCUT2D eigenvalue weighted by atomic mass is 9.82. The van der Waals surface area contributed by atoms with Gasteiger partial charge >= 0.3 is 6.09 Å². The average Bonchev–Trinajstić information content (AvgIpc) is 3.11. The van der Waals surface area contributed by atoms with E-state index in [9.17, 15) is 4.79 Å². The van der Waals surface area contributed by atoms with Gasteiger partial charge in [0.05, 0.1) is 12.8 Å². The minimum atomic E-state index is -0.549. The molecule has 2 atom stereocenters. The molecule has 6 nitrogen and oxygen atoms in total. The maximum atomic E-state index is 12.1. The fourth-order valence-corrected chi connectivity index (χ4v) is 3.46. The molecule has 2 unspecified atom stereocenters. The first kappa shape index (κ1) is 17.6. The first-order valence-electron chi connectivity index (χ1n) is 9.11. The Hall–Kier alpha value is -2.24. The largest absolute Gasteiger partial charge is 0.449 e. The van der Waals surface area contributed by atoms with Crippen molar-refractivity contribution in [2.75, 3.05) is 6.61 Å². The number of benzene rings is 1. The third-order valence-corrected chi connectivity index (χ3v) is 5.14. The number of amides is 1. The molecule has 0 bridgehead atoms. The highest BCUT2D eigenvalue weighted by atomic mass is 16.5. The Labute approximate surface area is 148 Å². The summed E-state index contributed by atoms with van der Waals surface area (Å²) in [4.78, 5) is 12.1. The fourth-order valence-electron chi connectivity index (χ4n) is 3.46. The van der Waals surface area contributed by atoms with Gasteiger partial charge in [0.25, 0.3) is 0 Å². The van der Waals surface area contributed by atoms with E-state index >= 15 is 0 Å². The highest BCUT2D eigenvalue weighted by Crippen LogP contribution is 2.29. The summed E-state index contributed by atoms with van der Waals surface area (Å²) in [6, 6.07) is 10.4. The zero-order valence-corrected chi connectivity index (χ0v) is 14.7. The summed E-state index contributed by atoms with van der Waals surface area (Å²) in [5, 5.41) is 15.1. The summed E-state index contributed by atoms with van der Waals surface area (Å²) < 4.78 is 5.47. The second kappa shape index (κ2) is 8.23. The number of alkyl carbamates (subject to hydrolysis) is 1. The highest BCUT2D eigenvalue weighted by molar-refractivity contribution is 5.73. The van der Waals surface area contributed by atoms with Gasteiger partial charge in [-0.05, 0) is 23.6 Å². The normalized spacial score (nSPS) is 24.2. The van der Waals surface area contributed by atoms with Gasteiger partial charge in [0.1, 0.15) is 5.54 Å². The maximum Gasteiger partial charge on any atom is 0.407 e. The van der Waals surface area contributed by atoms with Crippen molar-refractivity contribution in [2.24, 2.45) is 21.4 Å². The van der Waals surface area contributed by atoms with Crippen LogP contribution in [-0.2, 0) is 11.2 Å². The molecule has 134 valence electrons. The number of rotatable bonds is 6. The molecular formula is C19H26N4O2. The molecule has 0 saturated heterocycles. The number of nitrogens with one attached hydrogen (secondary N) is 1. The molecular weight excluding hydrogens is 316 g/mol. The summed E-state index contributed by atoms with van der Waals surface area (Å²) in [6.07, 6.45) is 7.84. The van der Waals surface area contributed by atoms with Crippen molar-refractivity contribution in [2.45, 2.75) is 57.0 Å². The Kier molecular flexibility index (Phi) is 5.79. The standard InChI is InChI=1S/C19H26N4O2/c1-15(13-25-18(24)21-17-10-6-3-7-11-17)19(14-20-23-22-19)12-16-8-4-2-5-9-16/h2,4-5,8-9,14-15,17H,3,6-7,10-13H2,1H3,(H,21,24). The number of hydrogen-bond acceptors (Lipinski definition) is 5. The van der Waals surface area contributed by atoms with E-state index in [1.165, 1.54) is 19.3 Å². The van der Waals surface area contributed by atoms with E-state index in [1.807, 2.05) is 25.1 Å². The average molecular weight is 342 g/mol. The summed E-state index contributed by atoms with van der Waals surface area (Å²) in [7, 11) is 0. The molecule has 1 amide bonds. The van der Waals surface area contributed by atoms with Crippen molar-refractivity contribution < 1.29 is 9.53 Å². The van der Waals surface area contributed by atoms with Crippen molar-refractivity contribution >= 4 is 12.3 Å². The van der Waals surface area contributed by atoms with Gasteiger partial charge in [0, 0.05) is 18.4 Å². The Balaban J connectivity index is 1.54. The van der Waals surface area contributed by atoms with Crippen LogP contribution in [0.4, 0.5) is 4.79 Å². The van der Waals surface area contributed by atoms with E-state index in [0.29, 0.717) is 6.42 Å². The van der Waals surface area contributed by atoms with E-state index in [2.05, 4.69) is 32.9 Å². The molecule has 1 aliphatic heterocycles. The van der Waals surface area contributed by atoms with E-state index < -0.39 is 5.54 Å². The van der Waals surface area contributed by atoms with Crippen LogP contribution in [0.15, 0.2) is 45.8 Å². The molecule has 2 aliphatic rings. The third kappa shape index (κ3) is 4.65. The molecule has 1 heterocycles. The van der Waals surface area contributed by atoms with Crippen LogP contribution in [0.3, 0.4) is 0 Å². The van der Waals surface area contributed by atoms with Crippen molar-refractivity contribution in [3.63, 3.8) is 0 Å². The Morgan fingerprint density at radius 3 is 2.72 bits per heavy atom. The third-order valence-electron chi connectivity index (χ3n) is 5.14. The van der Waals surface area contributed by atoms with Crippen LogP contribution in [0.2, 0.25) is 0 Å². The van der Waals surface area contributed by atoms with Gasteiger partial charge in [-0.2, -0.15) is 5.11 Å². The topological polar surface area (TPSA) is 75.4 Å². The first-order chi connectivity index (χ1) is 12.2. The Bertz CT molecular complexity index is 612. The molecule has 1 saturated carbocycles. The second-order valence-corrected chi connectivity index (χ2v) is 7.07. The number of carbonyl (C=O) groups excluding carboxylic acids is 1. The predicted molar refractivity (Wildman–Crippen MR) is 96.7 cm³/mol. The van der Waals surface area contributed by atoms with Gasteiger partial charge in [-0.15, -0.1) is 5.10 Å². The SMILES string of the molecule is CC(COC(=O)NC1CCCCC1)C1(Cc2ccccc2)C=NN=N1. The molecule has 0 aromatic heterocycles. The van der Waals surface area contributed by atoms with Crippen molar-refractivity contribution in [1.29, 1.82) is 0 Å². The van der Waals surface area contributed by atoms with Gasteiger partial charge in [0.15, 0.2) is 0 Å². The van der Waals surface area contributed by atoms with Crippen LogP contribution in [0.1, 0.15) is 44.6 Å². The van der Waals surface area contributed by atoms with Gasteiger partial charge in [-0.25, -0.2) is 4.79 Å². The predicted octanol–water partition coefficient (Wildman–Crippen LogP) is 4.11. The van der Waals surface area contributed by atoms with Gasteiger partial charge in [-0.1, -0.05) is 56.5 Å². The second-order valence-electron chi connectivity index (χ2n) is 7.07. The monoisotopic (exact) mass is 342 g/mol. The summed E-state index contributed by atoms with van der Waals surface area (Å²) >= 11 is 0. The Morgan fingerprint density at radius 2 is 2.04 bits per heavy atom. The van der Waals surface area contributed by atoms with Crippen molar-refractivity contribution in [3.05, 3.63) is 35.9 Å². The molecule has 0 spiro atoms. The van der Waals surface area contributed by atoms with Crippen LogP contribution in [-0.4, -0.2) is 30.5 Å². The molecule has 6 heteroatoms. The minimum Gasteiger partial charge on any atom is -0.449 e. The molecule has 0 radical (unpaired) electrons. The van der Waals surface area contributed by atoms with Crippen LogP contribution in [0.5, 0.6) is 0 Å². The van der Waals surface area contributed by atoms with Crippen LogP contribution >= 0.6 is 0 Å². The first-order valence-corrected chi connectivity index (χ1v) is 9.11. The molecule has 1 aromatic rings. The van der Waals surface area contributed by atoms with Crippen molar-refractivity contribution in [1.82, 2.24) is 5.32 Å². The lowest BCUT2D eigenvalue weighted by Gasteiger charge is -2.28. The molecule has 1 N–H and O–H groups in total. The van der Waals surface area contributed by atoms with E-state index in [1.54, 1.807) is 6.21 Å². The zero-order chi connectivity index (χ0) is 17.5. The van der Waals surface area contributed by atoms with Gasteiger partial charge in [0.2, 0.25) is 0 Å². The quantitative estimate of drug-likeness (QED) is 0.844. The van der Waals surface area contributed by atoms with E-state index in [4.69, 9.17) is 4.74 Å². The van der Waals surface area contributed by atoms with Crippen molar-refractivity contribution in [3.8, 4) is 0 Å². The minimum absolute atomic E-state index is 0.0141. The molecule has 3 rings (SSSR count). The molecule has 1 fully saturated rings. The lowest BCUT2D eigenvalue weighted by molar-refractivity contribution is 0.113.